The highest BCUT2D eigenvalue weighted by atomic mass is 35.5. The second kappa shape index (κ2) is 5.19. The average molecular weight is 303 g/mol. The first-order valence-corrected chi connectivity index (χ1v) is 7.61. The van der Waals surface area contributed by atoms with Crippen molar-refractivity contribution in [2.45, 2.75) is 27.2 Å². The van der Waals surface area contributed by atoms with Gasteiger partial charge >= 0.3 is 0 Å². The molecule has 2 aromatic heterocycles. The van der Waals surface area contributed by atoms with Crippen molar-refractivity contribution < 1.29 is 0 Å². The summed E-state index contributed by atoms with van der Waals surface area (Å²) in [6, 6.07) is 6.46. The van der Waals surface area contributed by atoms with Gasteiger partial charge in [0.2, 0.25) is 0 Å². The Labute approximate surface area is 129 Å². The molecular weight excluding hydrogens is 284 g/mol. The maximum atomic E-state index is 5.96. The standard InChI is InChI=1S/C16H19ClN4/c1-10-5-6-13(11(2)9-10)21-14(7-8-17)18-15-12(3)19-20(4)16(15)21/h5-6,9H,7-8H2,1-4H3. The summed E-state index contributed by atoms with van der Waals surface area (Å²) in [4.78, 5) is 4.76. The molecule has 0 spiro atoms. The predicted octanol–water partition coefficient (Wildman–Crippen LogP) is 3.47. The number of rotatable bonds is 3. The van der Waals surface area contributed by atoms with Gasteiger partial charge in [-0.05, 0) is 32.4 Å². The van der Waals surface area contributed by atoms with E-state index in [4.69, 9.17) is 16.6 Å². The summed E-state index contributed by atoms with van der Waals surface area (Å²) < 4.78 is 4.08. The lowest BCUT2D eigenvalue weighted by molar-refractivity contribution is 0.750. The first-order valence-electron chi connectivity index (χ1n) is 7.07. The lowest BCUT2D eigenvalue weighted by atomic mass is 10.1. The topological polar surface area (TPSA) is 35.6 Å². The van der Waals surface area contributed by atoms with Crippen LogP contribution in [0.25, 0.3) is 16.9 Å². The van der Waals surface area contributed by atoms with Gasteiger partial charge in [-0.1, -0.05) is 17.7 Å². The molecule has 5 heteroatoms. The number of fused-ring (bicyclic) bond motifs is 1. The van der Waals surface area contributed by atoms with Crippen molar-refractivity contribution in [3.63, 3.8) is 0 Å². The van der Waals surface area contributed by atoms with Crippen LogP contribution in [-0.4, -0.2) is 25.2 Å². The van der Waals surface area contributed by atoms with Crippen LogP contribution in [0.15, 0.2) is 18.2 Å². The quantitative estimate of drug-likeness (QED) is 0.695. The molecule has 0 N–H and O–H groups in total. The van der Waals surface area contributed by atoms with Crippen LogP contribution in [0.4, 0.5) is 0 Å². The van der Waals surface area contributed by atoms with Crippen LogP contribution in [0.5, 0.6) is 0 Å². The molecule has 110 valence electrons. The Morgan fingerprint density at radius 1 is 1.19 bits per heavy atom. The number of nitrogens with zero attached hydrogens (tertiary/aromatic N) is 4. The molecule has 21 heavy (non-hydrogen) atoms. The zero-order valence-corrected chi connectivity index (χ0v) is 13.6. The molecule has 0 unspecified atom stereocenters. The minimum atomic E-state index is 0.556. The maximum absolute atomic E-state index is 5.96. The van der Waals surface area contributed by atoms with E-state index in [0.29, 0.717) is 5.88 Å². The van der Waals surface area contributed by atoms with E-state index in [0.717, 1.165) is 34.8 Å². The van der Waals surface area contributed by atoms with Crippen LogP contribution >= 0.6 is 11.6 Å². The largest absolute Gasteiger partial charge is 0.281 e. The molecule has 0 radical (unpaired) electrons. The molecule has 0 amide bonds. The SMILES string of the molecule is Cc1ccc(-n2c(CCCl)nc3c(C)nn(C)c32)c(C)c1. The highest BCUT2D eigenvalue weighted by Gasteiger charge is 2.19. The van der Waals surface area contributed by atoms with E-state index in [-0.39, 0.29) is 0 Å². The molecular formula is C16H19ClN4. The first kappa shape index (κ1) is 14.1. The van der Waals surface area contributed by atoms with Crippen molar-refractivity contribution in [3.8, 4) is 5.69 Å². The van der Waals surface area contributed by atoms with Crippen molar-refractivity contribution in [1.29, 1.82) is 0 Å². The number of aromatic nitrogens is 4. The summed E-state index contributed by atoms with van der Waals surface area (Å²) in [5.41, 5.74) is 6.56. The average Bonchev–Trinajstić information content (AvgIpc) is 2.90. The van der Waals surface area contributed by atoms with Crippen molar-refractivity contribution in [1.82, 2.24) is 19.3 Å². The van der Waals surface area contributed by atoms with Gasteiger partial charge < -0.3 is 0 Å². The molecule has 0 saturated heterocycles. The van der Waals surface area contributed by atoms with E-state index in [1.807, 2.05) is 18.7 Å². The monoisotopic (exact) mass is 302 g/mol. The number of hydrogen-bond acceptors (Lipinski definition) is 2. The molecule has 3 rings (SSSR count). The molecule has 2 heterocycles. The molecule has 0 aliphatic heterocycles. The van der Waals surface area contributed by atoms with E-state index in [1.165, 1.54) is 11.1 Å². The molecule has 4 nitrogen and oxygen atoms in total. The number of alkyl halides is 1. The molecule has 3 aromatic rings. The third-order valence-corrected chi connectivity index (χ3v) is 3.97. The molecule has 0 bridgehead atoms. The van der Waals surface area contributed by atoms with Gasteiger partial charge in [-0.15, -0.1) is 11.6 Å². The summed E-state index contributed by atoms with van der Waals surface area (Å²) in [7, 11) is 1.96. The van der Waals surface area contributed by atoms with Gasteiger partial charge in [0.15, 0.2) is 5.65 Å². The summed E-state index contributed by atoms with van der Waals surface area (Å²) in [5.74, 6) is 1.55. The van der Waals surface area contributed by atoms with Crippen LogP contribution in [-0.2, 0) is 13.5 Å². The lowest BCUT2D eigenvalue weighted by Gasteiger charge is -2.12. The summed E-state index contributed by atoms with van der Waals surface area (Å²) in [5, 5.41) is 4.49. The van der Waals surface area contributed by atoms with Crippen LogP contribution in [0, 0.1) is 20.8 Å². The Kier molecular flexibility index (Phi) is 3.49. The van der Waals surface area contributed by atoms with Gasteiger partial charge in [-0.25, -0.2) is 9.67 Å². The van der Waals surface area contributed by atoms with Crippen LogP contribution in [0.1, 0.15) is 22.6 Å². The van der Waals surface area contributed by atoms with Crippen molar-refractivity contribution >= 4 is 22.8 Å². The highest BCUT2D eigenvalue weighted by molar-refractivity contribution is 6.17. The van der Waals surface area contributed by atoms with Crippen molar-refractivity contribution in [3.05, 3.63) is 40.8 Å². The zero-order valence-electron chi connectivity index (χ0n) is 12.8. The smallest absolute Gasteiger partial charge is 0.163 e. The van der Waals surface area contributed by atoms with Gasteiger partial charge in [-0.2, -0.15) is 5.10 Å². The molecule has 0 atom stereocenters. The summed E-state index contributed by atoms with van der Waals surface area (Å²) >= 11 is 5.96. The number of hydrogen-bond donors (Lipinski definition) is 0. The Hall–Kier alpha value is -1.81. The van der Waals surface area contributed by atoms with E-state index >= 15 is 0 Å². The van der Waals surface area contributed by atoms with Gasteiger partial charge in [0.25, 0.3) is 0 Å². The molecule has 0 fully saturated rings. The Morgan fingerprint density at radius 2 is 1.95 bits per heavy atom. The number of benzene rings is 1. The maximum Gasteiger partial charge on any atom is 0.163 e. The normalized spacial score (nSPS) is 11.5. The summed E-state index contributed by atoms with van der Waals surface area (Å²) in [6.07, 6.45) is 0.739. The van der Waals surface area contributed by atoms with E-state index < -0.39 is 0 Å². The lowest BCUT2D eigenvalue weighted by Crippen LogP contribution is -2.07. The van der Waals surface area contributed by atoms with Crippen LogP contribution < -0.4 is 0 Å². The Morgan fingerprint density at radius 3 is 2.62 bits per heavy atom. The van der Waals surface area contributed by atoms with Crippen LogP contribution in [0.2, 0.25) is 0 Å². The highest BCUT2D eigenvalue weighted by Crippen LogP contribution is 2.26. The van der Waals surface area contributed by atoms with Gasteiger partial charge in [0, 0.05) is 19.3 Å². The predicted molar refractivity (Wildman–Crippen MR) is 86.5 cm³/mol. The molecule has 0 aliphatic carbocycles. The third-order valence-electron chi connectivity index (χ3n) is 3.78. The van der Waals surface area contributed by atoms with E-state index in [9.17, 15) is 0 Å². The fraction of sp³-hybridized carbons (Fsp3) is 0.375. The second-order valence-electron chi connectivity index (χ2n) is 5.47. The zero-order chi connectivity index (χ0) is 15.1. The Balaban J connectivity index is 2.35. The minimum Gasteiger partial charge on any atom is -0.281 e. The van der Waals surface area contributed by atoms with Crippen molar-refractivity contribution in [2.75, 3.05) is 5.88 Å². The molecule has 0 aliphatic rings. The number of halogens is 1. The second-order valence-corrected chi connectivity index (χ2v) is 5.85. The van der Waals surface area contributed by atoms with E-state index in [2.05, 4.69) is 41.7 Å². The molecule has 0 saturated carbocycles. The fourth-order valence-electron chi connectivity index (χ4n) is 2.88. The van der Waals surface area contributed by atoms with Gasteiger partial charge in [0.1, 0.15) is 11.3 Å². The van der Waals surface area contributed by atoms with Crippen molar-refractivity contribution in [2.24, 2.45) is 7.05 Å². The molecule has 1 aromatic carbocycles. The minimum absolute atomic E-state index is 0.556. The number of imidazole rings is 1. The van der Waals surface area contributed by atoms with E-state index in [1.54, 1.807) is 0 Å². The first-order chi connectivity index (χ1) is 10.0. The third kappa shape index (κ3) is 2.23. The Bertz CT molecular complexity index is 813. The fourth-order valence-corrected chi connectivity index (χ4v) is 3.05. The van der Waals surface area contributed by atoms with Gasteiger partial charge in [-0.3, -0.25) is 4.57 Å². The summed E-state index contributed by atoms with van der Waals surface area (Å²) in [6.45, 7) is 6.22. The number of aryl methyl sites for hydroxylation is 5. The van der Waals surface area contributed by atoms with Crippen LogP contribution in [0.3, 0.4) is 0 Å². The van der Waals surface area contributed by atoms with Gasteiger partial charge in [0.05, 0.1) is 11.4 Å².